The van der Waals surface area contributed by atoms with E-state index in [9.17, 15) is 9.59 Å². The molecule has 1 aromatic carbocycles. The summed E-state index contributed by atoms with van der Waals surface area (Å²) < 4.78 is 5.03. The first-order valence-electron chi connectivity index (χ1n) is 6.84. The highest BCUT2D eigenvalue weighted by Gasteiger charge is 2.14. The summed E-state index contributed by atoms with van der Waals surface area (Å²) >= 11 is 11.7. The number of aryl methyl sites for hydroxylation is 2. The first kappa shape index (κ1) is 17.3. The molecule has 6 nitrogen and oxygen atoms in total. The third-order valence-corrected chi connectivity index (χ3v) is 3.84. The monoisotopic (exact) mass is 355 g/mol. The van der Waals surface area contributed by atoms with Gasteiger partial charge in [0.1, 0.15) is 5.76 Å². The van der Waals surface area contributed by atoms with Crippen LogP contribution in [0.4, 0.5) is 0 Å². The fourth-order valence-electron chi connectivity index (χ4n) is 2.03. The molecule has 122 valence electrons. The van der Waals surface area contributed by atoms with Gasteiger partial charge < -0.3 is 4.52 Å². The highest BCUT2D eigenvalue weighted by molar-refractivity contribution is 6.35. The molecule has 0 bridgehead atoms. The number of hydrogen-bond acceptors (Lipinski definition) is 4. The molecule has 0 unspecified atom stereocenters. The number of benzene rings is 1. The summed E-state index contributed by atoms with van der Waals surface area (Å²) in [5, 5.41) is 4.45. The normalized spacial score (nSPS) is 10.4. The smallest absolute Gasteiger partial charge is 0.271 e. The molecular formula is C15H15Cl2N3O3. The summed E-state index contributed by atoms with van der Waals surface area (Å²) in [7, 11) is 0. The average Bonchev–Trinajstić information content (AvgIpc) is 2.84. The van der Waals surface area contributed by atoms with E-state index in [0.717, 1.165) is 11.3 Å². The lowest BCUT2D eigenvalue weighted by molar-refractivity contribution is -0.121. The number of carbonyl (C=O) groups excluding carboxylic acids is 2. The van der Waals surface area contributed by atoms with Gasteiger partial charge in [0.05, 0.1) is 16.3 Å². The van der Waals surface area contributed by atoms with Crippen LogP contribution in [0.5, 0.6) is 0 Å². The standard InChI is InChI=1S/C15H15Cl2N3O3/c1-8-11(9(2)23-20-8)4-6-14(21)18-19-15(22)12-7-10(16)3-5-13(12)17/h3,5,7H,4,6H2,1-2H3,(H,18,21)(H,19,22). The highest BCUT2D eigenvalue weighted by atomic mass is 35.5. The molecular weight excluding hydrogens is 341 g/mol. The van der Waals surface area contributed by atoms with Crippen molar-refractivity contribution in [1.82, 2.24) is 16.0 Å². The lowest BCUT2D eigenvalue weighted by Crippen LogP contribution is -2.41. The van der Waals surface area contributed by atoms with Gasteiger partial charge in [-0.15, -0.1) is 0 Å². The fourth-order valence-corrected chi connectivity index (χ4v) is 2.40. The van der Waals surface area contributed by atoms with Crippen molar-refractivity contribution in [2.24, 2.45) is 0 Å². The molecule has 0 saturated heterocycles. The maximum absolute atomic E-state index is 12.0. The molecule has 0 radical (unpaired) electrons. The second-order valence-electron chi connectivity index (χ2n) is 4.93. The first-order valence-corrected chi connectivity index (χ1v) is 7.60. The Morgan fingerprint density at radius 1 is 1.22 bits per heavy atom. The van der Waals surface area contributed by atoms with Crippen molar-refractivity contribution in [3.8, 4) is 0 Å². The molecule has 1 aromatic heterocycles. The molecule has 0 aliphatic heterocycles. The van der Waals surface area contributed by atoms with Crippen molar-refractivity contribution in [1.29, 1.82) is 0 Å². The van der Waals surface area contributed by atoms with Crippen LogP contribution >= 0.6 is 23.2 Å². The first-order chi connectivity index (χ1) is 10.9. The van der Waals surface area contributed by atoms with Crippen LogP contribution in [-0.2, 0) is 11.2 Å². The molecule has 0 atom stereocenters. The zero-order valence-electron chi connectivity index (χ0n) is 12.6. The van der Waals surface area contributed by atoms with Crippen LogP contribution in [0, 0.1) is 13.8 Å². The number of rotatable bonds is 4. The van der Waals surface area contributed by atoms with E-state index in [4.69, 9.17) is 27.7 Å². The minimum absolute atomic E-state index is 0.185. The molecule has 2 aromatic rings. The van der Waals surface area contributed by atoms with Gasteiger partial charge in [0.15, 0.2) is 0 Å². The lowest BCUT2D eigenvalue weighted by atomic mass is 10.1. The zero-order chi connectivity index (χ0) is 17.0. The summed E-state index contributed by atoms with van der Waals surface area (Å²) in [5.74, 6) is -0.190. The number of hydrazine groups is 1. The molecule has 2 rings (SSSR count). The van der Waals surface area contributed by atoms with Gasteiger partial charge in [0.25, 0.3) is 5.91 Å². The van der Waals surface area contributed by atoms with Crippen molar-refractivity contribution in [3.05, 3.63) is 50.8 Å². The molecule has 0 aliphatic rings. The molecule has 0 fully saturated rings. The van der Waals surface area contributed by atoms with Gasteiger partial charge in [-0.05, 0) is 38.5 Å². The van der Waals surface area contributed by atoms with Gasteiger partial charge in [0.2, 0.25) is 5.91 Å². The van der Waals surface area contributed by atoms with Gasteiger partial charge in [-0.25, -0.2) is 0 Å². The van der Waals surface area contributed by atoms with E-state index in [1.54, 1.807) is 13.0 Å². The Bertz CT molecular complexity index is 724. The number of aromatic nitrogens is 1. The Kier molecular flexibility index (Phi) is 5.63. The topological polar surface area (TPSA) is 84.2 Å². The van der Waals surface area contributed by atoms with Crippen LogP contribution in [-0.4, -0.2) is 17.0 Å². The zero-order valence-corrected chi connectivity index (χ0v) is 14.1. The van der Waals surface area contributed by atoms with E-state index in [0.29, 0.717) is 17.2 Å². The number of halogens is 2. The summed E-state index contributed by atoms with van der Waals surface area (Å²) in [6.07, 6.45) is 0.660. The second-order valence-corrected chi connectivity index (χ2v) is 5.77. The molecule has 0 spiro atoms. The largest absolute Gasteiger partial charge is 0.361 e. The van der Waals surface area contributed by atoms with E-state index in [1.807, 2.05) is 6.92 Å². The van der Waals surface area contributed by atoms with Crippen molar-refractivity contribution in [3.63, 3.8) is 0 Å². The second kappa shape index (κ2) is 7.48. The Morgan fingerprint density at radius 2 is 1.96 bits per heavy atom. The van der Waals surface area contributed by atoms with Gasteiger partial charge >= 0.3 is 0 Å². The highest BCUT2D eigenvalue weighted by Crippen LogP contribution is 2.20. The molecule has 0 aliphatic carbocycles. The Labute approximate surface area is 143 Å². The number of amides is 2. The molecule has 8 heteroatoms. The maximum atomic E-state index is 12.0. The maximum Gasteiger partial charge on any atom is 0.271 e. The van der Waals surface area contributed by atoms with Crippen LogP contribution in [0.25, 0.3) is 0 Å². The van der Waals surface area contributed by atoms with Gasteiger partial charge in [-0.1, -0.05) is 28.4 Å². The molecule has 2 N–H and O–H groups in total. The average molecular weight is 356 g/mol. The lowest BCUT2D eigenvalue weighted by Gasteiger charge is -2.08. The van der Waals surface area contributed by atoms with Crippen molar-refractivity contribution < 1.29 is 14.1 Å². The number of nitrogens with one attached hydrogen (secondary N) is 2. The van der Waals surface area contributed by atoms with E-state index in [2.05, 4.69) is 16.0 Å². The number of hydrogen-bond donors (Lipinski definition) is 2. The minimum Gasteiger partial charge on any atom is -0.361 e. The van der Waals surface area contributed by atoms with Crippen LogP contribution < -0.4 is 10.9 Å². The summed E-state index contributed by atoms with van der Waals surface area (Å²) in [6, 6.07) is 4.51. The Hall–Kier alpha value is -2.05. The third-order valence-electron chi connectivity index (χ3n) is 3.27. The van der Waals surface area contributed by atoms with E-state index in [1.165, 1.54) is 12.1 Å². The van der Waals surface area contributed by atoms with Crippen LogP contribution in [0.3, 0.4) is 0 Å². The molecule has 23 heavy (non-hydrogen) atoms. The third kappa shape index (κ3) is 4.46. The summed E-state index contributed by atoms with van der Waals surface area (Å²) in [6.45, 7) is 3.60. The van der Waals surface area contributed by atoms with Gasteiger partial charge in [-0.3, -0.25) is 20.4 Å². The molecule has 2 amide bonds. The van der Waals surface area contributed by atoms with E-state index in [-0.39, 0.29) is 22.9 Å². The molecule has 0 saturated carbocycles. The summed E-state index contributed by atoms with van der Waals surface area (Å²) in [4.78, 5) is 23.8. The van der Waals surface area contributed by atoms with E-state index < -0.39 is 5.91 Å². The van der Waals surface area contributed by atoms with E-state index >= 15 is 0 Å². The van der Waals surface area contributed by atoms with Crippen LogP contribution in [0.1, 0.15) is 33.8 Å². The Balaban J connectivity index is 1.87. The van der Waals surface area contributed by atoms with Crippen molar-refractivity contribution in [2.75, 3.05) is 0 Å². The van der Waals surface area contributed by atoms with Gasteiger partial charge in [-0.2, -0.15) is 0 Å². The summed E-state index contributed by atoms with van der Waals surface area (Å²) in [5.41, 5.74) is 6.48. The van der Waals surface area contributed by atoms with Crippen molar-refractivity contribution in [2.45, 2.75) is 26.7 Å². The van der Waals surface area contributed by atoms with Crippen LogP contribution in [0.2, 0.25) is 10.0 Å². The minimum atomic E-state index is -0.539. The van der Waals surface area contributed by atoms with Crippen molar-refractivity contribution >= 4 is 35.0 Å². The van der Waals surface area contributed by atoms with Crippen LogP contribution in [0.15, 0.2) is 22.7 Å². The van der Waals surface area contributed by atoms with Gasteiger partial charge in [0, 0.05) is 17.0 Å². The quantitative estimate of drug-likeness (QED) is 0.825. The SMILES string of the molecule is Cc1noc(C)c1CCC(=O)NNC(=O)c1cc(Cl)ccc1Cl. The predicted molar refractivity (Wildman–Crippen MR) is 86.4 cm³/mol. The number of nitrogens with zero attached hydrogens (tertiary/aromatic N) is 1. The number of carbonyl (C=O) groups is 2. The predicted octanol–water partition coefficient (Wildman–Crippen LogP) is 2.99. The Morgan fingerprint density at radius 3 is 2.61 bits per heavy atom. The fraction of sp³-hybridized carbons (Fsp3) is 0.267. The molecule has 1 heterocycles.